The van der Waals surface area contributed by atoms with Gasteiger partial charge in [-0.2, -0.15) is 4.98 Å². The molecule has 1 aliphatic heterocycles. The lowest BCUT2D eigenvalue weighted by atomic mass is 10.0. The fourth-order valence-electron chi connectivity index (χ4n) is 2.52. The number of carbonyl (C=O) groups is 1. The second-order valence-electron chi connectivity index (χ2n) is 5.11. The van der Waals surface area contributed by atoms with E-state index in [1.807, 2.05) is 55.7 Å². The van der Waals surface area contributed by atoms with Crippen LogP contribution in [0.15, 0.2) is 52.8 Å². The first-order chi connectivity index (χ1) is 11.1. The maximum Gasteiger partial charge on any atom is 0.248 e. The molecule has 3 rings (SSSR count). The average Bonchev–Trinajstić information content (AvgIpc) is 2.95. The van der Waals surface area contributed by atoms with Crippen molar-refractivity contribution in [2.24, 2.45) is 5.73 Å². The SMILES string of the molecule is CSc1nc2n(n1)[C@@H](/C=C/c1ccccc1)C(C(N)=O)=C(C)N2. The molecule has 23 heavy (non-hydrogen) atoms. The van der Waals surface area contributed by atoms with Gasteiger partial charge in [0.05, 0.1) is 5.57 Å². The van der Waals surface area contributed by atoms with E-state index >= 15 is 0 Å². The van der Waals surface area contributed by atoms with Gasteiger partial charge in [-0.05, 0) is 18.7 Å². The minimum atomic E-state index is -0.468. The molecule has 0 aliphatic carbocycles. The number of fused-ring (bicyclic) bond motifs is 1. The molecule has 3 N–H and O–H groups in total. The van der Waals surface area contributed by atoms with Crippen LogP contribution in [0.1, 0.15) is 18.5 Å². The number of thioether (sulfide) groups is 1. The predicted molar refractivity (Wildman–Crippen MR) is 91.8 cm³/mol. The highest BCUT2D eigenvalue weighted by Gasteiger charge is 2.30. The topological polar surface area (TPSA) is 85.8 Å². The normalized spacial score (nSPS) is 17.2. The van der Waals surface area contributed by atoms with Gasteiger partial charge in [0.1, 0.15) is 6.04 Å². The molecule has 2 heterocycles. The largest absolute Gasteiger partial charge is 0.366 e. The molecule has 0 radical (unpaired) electrons. The second-order valence-corrected chi connectivity index (χ2v) is 5.88. The molecule has 7 heteroatoms. The van der Waals surface area contributed by atoms with Crippen molar-refractivity contribution in [1.82, 2.24) is 14.8 Å². The molecule has 1 atom stereocenters. The monoisotopic (exact) mass is 327 g/mol. The molecule has 1 aromatic carbocycles. The van der Waals surface area contributed by atoms with Gasteiger partial charge in [0.15, 0.2) is 0 Å². The van der Waals surface area contributed by atoms with Gasteiger partial charge in [-0.3, -0.25) is 4.79 Å². The van der Waals surface area contributed by atoms with Crippen molar-refractivity contribution in [2.75, 3.05) is 11.6 Å². The minimum Gasteiger partial charge on any atom is -0.366 e. The molecule has 118 valence electrons. The number of hydrogen-bond donors (Lipinski definition) is 2. The van der Waals surface area contributed by atoms with E-state index in [4.69, 9.17) is 5.73 Å². The van der Waals surface area contributed by atoms with Crippen LogP contribution in [-0.2, 0) is 4.79 Å². The summed E-state index contributed by atoms with van der Waals surface area (Å²) in [5.41, 5.74) is 7.81. The lowest BCUT2D eigenvalue weighted by Gasteiger charge is -2.25. The number of hydrogen-bond acceptors (Lipinski definition) is 5. The summed E-state index contributed by atoms with van der Waals surface area (Å²) in [6, 6.07) is 9.50. The van der Waals surface area contributed by atoms with E-state index in [1.54, 1.807) is 4.68 Å². The van der Waals surface area contributed by atoms with Gasteiger partial charge >= 0.3 is 0 Å². The summed E-state index contributed by atoms with van der Waals surface area (Å²) < 4.78 is 1.69. The zero-order valence-electron chi connectivity index (χ0n) is 12.9. The van der Waals surface area contributed by atoms with Crippen LogP contribution in [-0.4, -0.2) is 26.9 Å². The van der Waals surface area contributed by atoms with Crippen LogP contribution >= 0.6 is 11.8 Å². The van der Waals surface area contributed by atoms with Crippen molar-refractivity contribution in [2.45, 2.75) is 18.1 Å². The fraction of sp³-hybridized carbons (Fsp3) is 0.188. The first-order valence-corrected chi connectivity index (χ1v) is 8.34. The van der Waals surface area contributed by atoms with Crippen LogP contribution in [0.3, 0.4) is 0 Å². The molecule has 1 aromatic heterocycles. The third-order valence-corrected chi connectivity index (χ3v) is 4.13. The lowest BCUT2D eigenvalue weighted by molar-refractivity contribution is -0.115. The second kappa shape index (κ2) is 6.29. The fourth-order valence-corrected chi connectivity index (χ4v) is 2.87. The highest BCUT2D eigenvalue weighted by molar-refractivity contribution is 7.98. The lowest BCUT2D eigenvalue weighted by Crippen LogP contribution is -2.30. The van der Waals surface area contributed by atoms with Crippen molar-refractivity contribution in [3.8, 4) is 0 Å². The number of amides is 1. The van der Waals surface area contributed by atoms with E-state index in [2.05, 4.69) is 15.4 Å². The first-order valence-electron chi connectivity index (χ1n) is 7.11. The number of benzene rings is 1. The van der Waals surface area contributed by atoms with Crippen LogP contribution in [0.4, 0.5) is 5.95 Å². The van der Waals surface area contributed by atoms with Crippen molar-refractivity contribution < 1.29 is 4.79 Å². The molecule has 2 aromatic rings. The van der Waals surface area contributed by atoms with Gasteiger partial charge in [0.25, 0.3) is 0 Å². The van der Waals surface area contributed by atoms with Crippen LogP contribution < -0.4 is 11.1 Å². The maximum atomic E-state index is 11.9. The van der Waals surface area contributed by atoms with Crippen LogP contribution in [0.25, 0.3) is 6.08 Å². The Morgan fingerprint density at radius 1 is 1.39 bits per heavy atom. The molecule has 0 bridgehead atoms. The summed E-state index contributed by atoms with van der Waals surface area (Å²) in [5.74, 6) is 0.143. The van der Waals surface area contributed by atoms with Gasteiger partial charge < -0.3 is 11.1 Å². The first kappa shape index (κ1) is 15.4. The number of nitrogens with zero attached hydrogens (tertiary/aromatic N) is 3. The maximum absolute atomic E-state index is 11.9. The van der Waals surface area contributed by atoms with Crippen LogP contribution in [0, 0.1) is 0 Å². The molecule has 0 unspecified atom stereocenters. The Hall–Kier alpha value is -2.54. The minimum absolute atomic E-state index is 0.377. The molecule has 0 fully saturated rings. The van der Waals surface area contributed by atoms with Gasteiger partial charge in [-0.25, -0.2) is 4.68 Å². The van der Waals surface area contributed by atoms with Crippen LogP contribution in [0.2, 0.25) is 0 Å². The zero-order valence-corrected chi connectivity index (χ0v) is 13.7. The highest BCUT2D eigenvalue weighted by atomic mass is 32.2. The molecule has 1 amide bonds. The van der Waals surface area contributed by atoms with Gasteiger partial charge in [0, 0.05) is 5.70 Å². The van der Waals surface area contributed by atoms with Gasteiger partial charge in [0.2, 0.25) is 17.0 Å². The van der Waals surface area contributed by atoms with E-state index in [0.29, 0.717) is 22.4 Å². The Morgan fingerprint density at radius 3 is 2.78 bits per heavy atom. The number of carbonyl (C=O) groups excluding carboxylic acids is 1. The predicted octanol–water partition coefficient (Wildman–Crippen LogP) is 2.44. The summed E-state index contributed by atoms with van der Waals surface area (Å²) in [5, 5.41) is 8.18. The van der Waals surface area contributed by atoms with Crippen molar-refractivity contribution >= 4 is 29.7 Å². The van der Waals surface area contributed by atoms with Gasteiger partial charge in [-0.15, -0.1) is 5.10 Å². The quantitative estimate of drug-likeness (QED) is 0.842. The zero-order chi connectivity index (χ0) is 16.4. The van der Waals surface area contributed by atoms with Crippen molar-refractivity contribution in [3.63, 3.8) is 0 Å². The van der Waals surface area contributed by atoms with E-state index < -0.39 is 5.91 Å². The number of rotatable bonds is 4. The average molecular weight is 327 g/mol. The number of allylic oxidation sites excluding steroid dienone is 2. The van der Waals surface area contributed by atoms with Gasteiger partial charge in [-0.1, -0.05) is 54.2 Å². The Labute approximate surface area is 138 Å². The van der Waals surface area contributed by atoms with E-state index in [0.717, 1.165) is 5.56 Å². The standard InChI is InChI=1S/C16H17N5OS/c1-10-13(14(17)22)12(9-8-11-6-4-3-5-7-11)21-15(18-10)19-16(20-21)23-2/h3-9,12H,1-2H3,(H2,17,22)(H,18,19,20)/b9-8+/t12-/m0/s1. The van der Waals surface area contributed by atoms with E-state index in [1.165, 1.54) is 11.8 Å². The van der Waals surface area contributed by atoms with E-state index in [9.17, 15) is 4.79 Å². The summed E-state index contributed by atoms with van der Waals surface area (Å²) in [7, 11) is 0. The molecule has 6 nitrogen and oxygen atoms in total. The summed E-state index contributed by atoms with van der Waals surface area (Å²) >= 11 is 1.45. The molecular formula is C16H17N5OS. The third-order valence-electron chi connectivity index (χ3n) is 3.59. The molecule has 0 saturated heterocycles. The Kier molecular flexibility index (Phi) is 4.20. The number of nitrogens with two attached hydrogens (primary N) is 1. The number of anilines is 1. The third kappa shape index (κ3) is 3.00. The van der Waals surface area contributed by atoms with Crippen LogP contribution in [0.5, 0.6) is 0 Å². The Morgan fingerprint density at radius 2 is 2.13 bits per heavy atom. The smallest absolute Gasteiger partial charge is 0.248 e. The molecular weight excluding hydrogens is 310 g/mol. The molecule has 1 aliphatic rings. The van der Waals surface area contributed by atoms with Crippen molar-refractivity contribution in [3.05, 3.63) is 53.2 Å². The highest BCUT2D eigenvalue weighted by Crippen LogP contribution is 2.32. The summed E-state index contributed by atoms with van der Waals surface area (Å²) in [6.45, 7) is 1.82. The summed E-state index contributed by atoms with van der Waals surface area (Å²) in [4.78, 5) is 16.3. The summed E-state index contributed by atoms with van der Waals surface area (Å²) in [6.07, 6.45) is 5.78. The number of nitrogens with one attached hydrogen (secondary N) is 1. The molecule has 0 saturated carbocycles. The molecule has 0 spiro atoms. The van der Waals surface area contributed by atoms with E-state index in [-0.39, 0.29) is 6.04 Å². The van der Waals surface area contributed by atoms with Crippen molar-refractivity contribution in [1.29, 1.82) is 0 Å². The Balaban J connectivity index is 2.04. The number of aromatic nitrogens is 3. The Bertz CT molecular complexity index is 794. The number of primary amides is 1.